The van der Waals surface area contributed by atoms with Gasteiger partial charge in [-0.3, -0.25) is 14.9 Å². The number of rotatable bonds is 7. The van der Waals surface area contributed by atoms with Crippen molar-refractivity contribution in [2.45, 2.75) is 32.1 Å². The number of nitro groups is 1. The van der Waals surface area contributed by atoms with E-state index in [9.17, 15) is 14.9 Å². The van der Waals surface area contributed by atoms with Crippen molar-refractivity contribution in [2.24, 2.45) is 0 Å². The molecule has 4 nitrogen and oxygen atoms in total. The van der Waals surface area contributed by atoms with Crippen molar-refractivity contribution in [3.63, 3.8) is 0 Å². The number of hydrogen-bond donors (Lipinski definition) is 0. The van der Waals surface area contributed by atoms with Crippen molar-refractivity contribution < 1.29 is 9.72 Å². The van der Waals surface area contributed by atoms with Gasteiger partial charge >= 0.3 is 0 Å². The molecule has 1 aromatic rings. The van der Waals surface area contributed by atoms with Gasteiger partial charge in [-0.25, -0.2) is 0 Å². The maximum atomic E-state index is 11.6. The van der Waals surface area contributed by atoms with Crippen molar-refractivity contribution in [1.82, 2.24) is 0 Å². The quantitative estimate of drug-likeness (QED) is 0.539. The van der Waals surface area contributed by atoms with Crippen LogP contribution in [0.1, 0.15) is 37.7 Å². The molecular weight excluding hydrogens is 218 g/mol. The lowest BCUT2D eigenvalue weighted by Crippen LogP contribution is -2.16. The summed E-state index contributed by atoms with van der Waals surface area (Å²) in [5.41, 5.74) is 0.869. The minimum atomic E-state index is -0.350. The molecule has 17 heavy (non-hydrogen) atoms. The Morgan fingerprint density at radius 1 is 1.35 bits per heavy atom. The standard InChI is InChI=1S/C13H17NO3/c1-2-6-13(15)9-12(10-14(16)17)11-7-4-3-5-8-11/h3-5,7-8,12H,2,6,9-10H2,1H3/t12-/m1/s1. The van der Waals surface area contributed by atoms with Crippen LogP contribution in [0.3, 0.4) is 0 Å². The summed E-state index contributed by atoms with van der Waals surface area (Å²) in [5.74, 6) is -0.201. The smallest absolute Gasteiger partial charge is 0.211 e. The number of hydrogen-bond acceptors (Lipinski definition) is 3. The summed E-state index contributed by atoms with van der Waals surface area (Å²) in [7, 11) is 0. The van der Waals surface area contributed by atoms with Crippen LogP contribution >= 0.6 is 0 Å². The molecule has 0 fully saturated rings. The van der Waals surface area contributed by atoms with Gasteiger partial charge in [0, 0.05) is 17.8 Å². The molecule has 0 spiro atoms. The van der Waals surface area contributed by atoms with E-state index in [2.05, 4.69) is 0 Å². The molecule has 0 aliphatic heterocycles. The molecule has 0 aromatic heterocycles. The van der Waals surface area contributed by atoms with Gasteiger partial charge in [-0.05, 0) is 12.0 Å². The van der Waals surface area contributed by atoms with E-state index in [4.69, 9.17) is 0 Å². The summed E-state index contributed by atoms with van der Waals surface area (Å²) in [6, 6.07) is 9.22. The molecule has 0 N–H and O–H groups in total. The largest absolute Gasteiger partial charge is 0.300 e. The fraction of sp³-hybridized carbons (Fsp3) is 0.462. The average Bonchev–Trinajstić information content (AvgIpc) is 2.29. The average molecular weight is 235 g/mol. The molecule has 1 atom stereocenters. The monoisotopic (exact) mass is 235 g/mol. The molecule has 0 heterocycles. The lowest BCUT2D eigenvalue weighted by atomic mass is 9.92. The van der Waals surface area contributed by atoms with E-state index >= 15 is 0 Å². The van der Waals surface area contributed by atoms with Gasteiger partial charge < -0.3 is 0 Å². The van der Waals surface area contributed by atoms with E-state index in [0.29, 0.717) is 6.42 Å². The van der Waals surface area contributed by atoms with Crippen LogP contribution in [0, 0.1) is 10.1 Å². The van der Waals surface area contributed by atoms with Gasteiger partial charge in [0.1, 0.15) is 5.78 Å². The predicted molar refractivity (Wildman–Crippen MR) is 65.6 cm³/mol. The van der Waals surface area contributed by atoms with Gasteiger partial charge in [0.2, 0.25) is 6.54 Å². The zero-order valence-corrected chi connectivity index (χ0v) is 9.96. The fourth-order valence-electron chi connectivity index (χ4n) is 1.85. The summed E-state index contributed by atoms with van der Waals surface area (Å²) in [4.78, 5) is 21.9. The molecule has 0 unspecified atom stereocenters. The van der Waals surface area contributed by atoms with Gasteiger partial charge in [-0.1, -0.05) is 37.3 Å². The number of carbonyl (C=O) groups excluding carboxylic acids is 1. The molecule has 0 aliphatic rings. The third-order valence-electron chi connectivity index (χ3n) is 2.64. The molecule has 4 heteroatoms. The lowest BCUT2D eigenvalue weighted by molar-refractivity contribution is -0.483. The molecule has 0 saturated heterocycles. The summed E-state index contributed by atoms with van der Waals surface area (Å²) in [6.45, 7) is 1.75. The predicted octanol–water partition coefficient (Wildman–Crippen LogP) is 2.81. The Hall–Kier alpha value is -1.71. The van der Waals surface area contributed by atoms with E-state index in [1.165, 1.54) is 0 Å². The maximum Gasteiger partial charge on any atom is 0.211 e. The molecule has 0 amide bonds. The van der Waals surface area contributed by atoms with Crippen LogP contribution in [0.2, 0.25) is 0 Å². The first kappa shape index (κ1) is 13.4. The summed E-state index contributed by atoms with van der Waals surface area (Å²) in [6.07, 6.45) is 1.55. The van der Waals surface area contributed by atoms with Gasteiger partial charge in [-0.2, -0.15) is 0 Å². The van der Waals surface area contributed by atoms with Crippen LogP contribution in [0.25, 0.3) is 0 Å². The molecule has 1 rings (SSSR count). The molecule has 0 saturated carbocycles. The second kappa shape index (κ2) is 6.78. The van der Waals surface area contributed by atoms with Crippen LogP contribution in [-0.4, -0.2) is 17.3 Å². The van der Waals surface area contributed by atoms with Crippen LogP contribution in [-0.2, 0) is 4.79 Å². The van der Waals surface area contributed by atoms with Crippen LogP contribution in [0.5, 0.6) is 0 Å². The highest BCUT2D eigenvalue weighted by Crippen LogP contribution is 2.21. The number of benzene rings is 1. The van der Waals surface area contributed by atoms with Gasteiger partial charge in [0.05, 0.1) is 5.92 Å². The first-order chi connectivity index (χ1) is 8.13. The highest BCUT2D eigenvalue weighted by Gasteiger charge is 2.20. The SMILES string of the molecule is CCCC(=O)C[C@H](C[N+](=O)[O-])c1ccccc1. The van der Waals surface area contributed by atoms with Crippen molar-refractivity contribution in [1.29, 1.82) is 0 Å². The molecular formula is C13H17NO3. The summed E-state index contributed by atoms with van der Waals surface area (Å²) >= 11 is 0. The highest BCUT2D eigenvalue weighted by molar-refractivity contribution is 5.79. The second-order valence-corrected chi connectivity index (χ2v) is 4.12. The Balaban J connectivity index is 2.74. The Labute approximate surface area is 101 Å². The minimum Gasteiger partial charge on any atom is -0.300 e. The Bertz CT molecular complexity index is 376. The third-order valence-corrected chi connectivity index (χ3v) is 2.64. The Kier molecular flexibility index (Phi) is 5.33. The van der Waals surface area contributed by atoms with E-state index in [1.807, 2.05) is 37.3 Å². The number of ketones is 1. The fourth-order valence-corrected chi connectivity index (χ4v) is 1.85. The number of Topliss-reactive ketones (excluding diaryl/α,β-unsaturated/α-hetero) is 1. The summed E-state index contributed by atoms with van der Waals surface area (Å²) in [5, 5.41) is 10.6. The normalized spacial score (nSPS) is 12.1. The Morgan fingerprint density at radius 2 is 2.00 bits per heavy atom. The zero-order valence-electron chi connectivity index (χ0n) is 9.96. The van der Waals surface area contributed by atoms with E-state index < -0.39 is 0 Å². The van der Waals surface area contributed by atoms with Gasteiger partial charge in [0.15, 0.2) is 0 Å². The number of carbonyl (C=O) groups is 1. The van der Waals surface area contributed by atoms with Crippen molar-refractivity contribution in [3.05, 3.63) is 46.0 Å². The van der Waals surface area contributed by atoms with Crippen molar-refractivity contribution >= 4 is 5.78 Å². The number of nitrogens with zero attached hydrogens (tertiary/aromatic N) is 1. The zero-order chi connectivity index (χ0) is 12.7. The lowest BCUT2D eigenvalue weighted by Gasteiger charge is -2.12. The molecule has 0 radical (unpaired) electrons. The maximum absolute atomic E-state index is 11.6. The van der Waals surface area contributed by atoms with Crippen molar-refractivity contribution in [3.8, 4) is 0 Å². The van der Waals surface area contributed by atoms with E-state index in [1.54, 1.807) is 0 Å². The van der Waals surface area contributed by atoms with Gasteiger partial charge in [-0.15, -0.1) is 0 Å². The molecule has 0 bridgehead atoms. The molecule has 0 aliphatic carbocycles. The second-order valence-electron chi connectivity index (χ2n) is 4.12. The Morgan fingerprint density at radius 3 is 2.53 bits per heavy atom. The van der Waals surface area contributed by atoms with Crippen LogP contribution < -0.4 is 0 Å². The highest BCUT2D eigenvalue weighted by atomic mass is 16.6. The van der Waals surface area contributed by atoms with Crippen molar-refractivity contribution in [2.75, 3.05) is 6.54 Å². The first-order valence-electron chi connectivity index (χ1n) is 5.82. The van der Waals surface area contributed by atoms with Crippen LogP contribution in [0.15, 0.2) is 30.3 Å². The first-order valence-corrected chi connectivity index (χ1v) is 5.82. The molecule has 1 aromatic carbocycles. The third kappa shape index (κ3) is 4.76. The van der Waals surface area contributed by atoms with E-state index in [0.717, 1.165) is 12.0 Å². The summed E-state index contributed by atoms with van der Waals surface area (Å²) < 4.78 is 0. The van der Waals surface area contributed by atoms with Gasteiger partial charge in [0.25, 0.3) is 0 Å². The minimum absolute atomic E-state index is 0.100. The van der Waals surface area contributed by atoms with Crippen LogP contribution in [0.4, 0.5) is 0 Å². The topological polar surface area (TPSA) is 60.2 Å². The van der Waals surface area contributed by atoms with E-state index in [-0.39, 0.29) is 29.6 Å². The molecule has 92 valence electrons.